The van der Waals surface area contributed by atoms with E-state index < -0.39 is 0 Å². The minimum atomic E-state index is 0.859. The van der Waals surface area contributed by atoms with Gasteiger partial charge in [0.25, 0.3) is 0 Å². The van der Waals surface area contributed by atoms with E-state index in [0.717, 1.165) is 30.1 Å². The van der Waals surface area contributed by atoms with Crippen LogP contribution in [0.5, 0.6) is 0 Å². The van der Waals surface area contributed by atoms with E-state index in [2.05, 4.69) is 38.2 Å². The summed E-state index contributed by atoms with van der Waals surface area (Å²) in [5, 5.41) is 0. The Morgan fingerprint density at radius 3 is 2.04 bits per heavy atom. The number of rotatable bonds is 4. The largest absolute Gasteiger partial charge is 0.0813 e. The zero-order chi connectivity index (χ0) is 16.1. The van der Waals surface area contributed by atoms with Crippen LogP contribution in [-0.2, 0) is 0 Å². The van der Waals surface area contributed by atoms with E-state index in [0.29, 0.717) is 0 Å². The van der Waals surface area contributed by atoms with Crippen LogP contribution in [-0.4, -0.2) is 0 Å². The van der Waals surface area contributed by atoms with E-state index in [-0.39, 0.29) is 0 Å². The fourth-order valence-corrected chi connectivity index (χ4v) is 5.28. The molecule has 3 aliphatic rings. The van der Waals surface area contributed by atoms with Crippen molar-refractivity contribution < 1.29 is 0 Å². The van der Waals surface area contributed by atoms with Gasteiger partial charge in [-0.1, -0.05) is 57.4 Å². The van der Waals surface area contributed by atoms with Crippen LogP contribution in [0.25, 0.3) is 0 Å². The molecule has 0 spiro atoms. The summed E-state index contributed by atoms with van der Waals surface area (Å²) >= 11 is 0. The maximum Gasteiger partial charge on any atom is -0.00947 e. The Morgan fingerprint density at radius 2 is 1.52 bits per heavy atom. The number of allylic oxidation sites excluding steroid dienone is 6. The normalized spacial score (nSPS) is 37.0. The molecule has 0 nitrogen and oxygen atoms in total. The first-order valence-corrected chi connectivity index (χ1v) is 10.4. The molecule has 0 unspecified atom stereocenters. The Balaban J connectivity index is 1.46. The third-order valence-electron chi connectivity index (χ3n) is 6.91. The molecule has 0 aromatic carbocycles. The van der Waals surface area contributed by atoms with E-state index in [1.807, 2.05) is 0 Å². The van der Waals surface area contributed by atoms with Crippen LogP contribution in [0.2, 0.25) is 0 Å². The summed E-state index contributed by atoms with van der Waals surface area (Å²) < 4.78 is 0. The van der Waals surface area contributed by atoms with Crippen LogP contribution < -0.4 is 0 Å². The molecule has 128 valence electrons. The predicted octanol–water partition coefficient (Wildman–Crippen LogP) is 7.23. The highest BCUT2D eigenvalue weighted by Crippen LogP contribution is 2.43. The van der Waals surface area contributed by atoms with Gasteiger partial charge in [-0.15, -0.1) is 0 Å². The van der Waals surface area contributed by atoms with E-state index in [4.69, 9.17) is 0 Å². The molecule has 0 heterocycles. The minimum absolute atomic E-state index is 0.859. The molecule has 0 amide bonds. The summed E-state index contributed by atoms with van der Waals surface area (Å²) in [5.41, 5.74) is 3.16. The van der Waals surface area contributed by atoms with Gasteiger partial charge in [0.05, 0.1) is 0 Å². The lowest BCUT2D eigenvalue weighted by Gasteiger charge is -2.38. The van der Waals surface area contributed by atoms with Gasteiger partial charge in [-0.25, -0.2) is 0 Å². The van der Waals surface area contributed by atoms with Crippen molar-refractivity contribution >= 4 is 0 Å². The molecule has 3 aliphatic carbocycles. The topological polar surface area (TPSA) is 0 Å². The van der Waals surface area contributed by atoms with E-state index in [1.54, 1.807) is 5.57 Å². The van der Waals surface area contributed by atoms with Crippen molar-refractivity contribution in [1.82, 2.24) is 0 Å². The SMILES string of the molecule is CC/C=C1\C=CC(C2CCC(C3CCC(CC)CC3)CC2)=CC1. The maximum atomic E-state index is 2.51. The molecule has 0 bridgehead atoms. The molecule has 0 aromatic rings. The van der Waals surface area contributed by atoms with Crippen LogP contribution in [0.3, 0.4) is 0 Å². The highest BCUT2D eigenvalue weighted by molar-refractivity contribution is 5.36. The number of hydrogen-bond donors (Lipinski definition) is 0. The molecule has 0 saturated heterocycles. The molecule has 0 radical (unpaired) electrons. The third-order valence-corrected chi connectivity index (χ3v) is 6.91. The van der Waals surface area contributed by atoms with Crippen molar-refractivity contribution in [3.05, 3.63) is 35.5 Å². The average Bonchev–Trinajstić information content (AvgIpc) is 2.63. The highest BCUT2D eigenvalue weighted by Gasteiger charge is 2.31. The molecule has 3 rings (SSSR count). The van der Waals surface area contributed by atoms with Crippen LogP contribution in [0, 0.1) is 23.7 Å². The standard InChI is InChI=1S/C23H36/c1-3-5-19-8-12-21(13-9-19)23-16-14-22(15-17-23)20-10-6-18(4-2)7-11-20/h5,8,12-13,18,20,22-23H,3-4,6-7,9-11,14-17H2,1-2H3/b19-5+. The second kappa shape index (κ2) is 8.36. The summed E-state index contributed by atoms with van der Waals surface area (Å²) in [6.07, 6.45) is 25.4. The van der Waals surface area contributed by atoms with Crippen LogP contribution in [0.1, 0.15) is 84.5 Å². The van der Waals surface area contributed by atoms with Crippen LogP contribution >= 0.6 is 0 Å². The van der Waals surface area contributed by atoms with Crippen molar-refractivity contribution in [1.29, 1.82) is 0 Å². The Morgan fingerprint density at radius 1 is 0.870 bits per heavy atom. The van der Waals surface area contributed by atoms with Gasteiger partial charge in [-0.05, 0) is 86.2 Å². The van der Waals surface area contributed by atoms with Crippen LogP contribution in [0.4, 0.5) is 0 Å². The summed E-state index contributed by atoms with van der Waals surface area (Å²) in [4.78, 5) is 0. The molecule has 0 heteroatoms. The lowest BCUT2D eigenvalue weighted by Crippen LogP contribution is -2.26. The Hall–Kier alpha value is -0.780. The first-order valence-electron chi connectivity index (χ1n) is 10.4. The van der Waals surface area contributed by atoms with E-state index in [1.165, 1.54) is 69.8 Å². The first-order chi connectivity index (χ1) is 11.3. The molecule has 0 N–H and O–H groups in total. The quantitative estimate of drug-likeness (QED) is 0.513. The predicted molar refractivity (Wildman–Crippen MR) is 101 cm³/mol. The molecule has 2 saturated carbocycles. The fraction of sp³-hybridized carbons (Fsp3) is 0.739. The molecule has 2 fully saturated rings. The second-order valence-electron chi connectivity index (χ2n) is 8.23. The first kappa shape index (κ1) is 17.1. The van der Waals surface area contributed by atoms with Gasteiger partial charge in [0.2, 0.25) is 0 Å². The van der Waals surface area contributed by atoms with E-state index >= 15 is 0 Å². The number of hydrogen-bond acceptors (Lipinski definition) is 0. The van der Waals surface area contributed by atoms with E-state index in [9.17, 15) is 0 Å². The Labute approximate surface area is 144 Å². The molecule has 23 heavy (non-hydrogen) atoms. The summed E-state index contributed by atoms with van der Waals surface area (Å²) in [6.45, 7) is 4.61. The zero-order valence-electron chi connectivity index (χ0n) is 15.4. The van der Waals surface area contributed by atoms with Crippen molar-refractivity contribution in [2.24, 2.45) is 23.7 Å². The second-order valence-corrected chi connectivity index (χ2v) is 8.23. The molecule has 0 aromatic heterocycles. The summed E-state index contributed by atoms with van der Waals surface area (Å²) in [5.74, 6) is 4.02. The zero-order valence-corrected chi connectivity index (χ0v) is 15.4. The Kier molecular flexibility index (Phi) is 6.20. The van der Waals surface area contributed by atoms with Gasteiger partial charge >= 0.3 is 0 Å². The molecular weight excluding hydrogens is 276 g/mol. The highest BCUT2D eigenvalue weighted by atomic mass is 14.4. The van der Waals surface area contributed by atoms with Crippen LogP contribution in [0.15, 0.2) is 35.5 Å². The average molecular weight is 313 g/mol. The maximum absolute atomic E-state index is 2.51. The van der Waals surface area contributed by atoms with Crippen molar-refractivity contribution in [2.75, 3.05) is 0 Å². The van der Waals surface area contributed by atoms with Gasteiger partial charge < -0.3 is 0 Å². The minimum Gasteiger partial charge on any atom is -0.0813 e. The van der Waals surface area contributed by atoms with Gasteiger partial charge in [-0.3, -0.25) is 0 Å². The lowest BCUT2D eigenvalue weighted by molar-refractivity contribution is 0.153. The van der Waals surface area contributed by atoms with Gasteiger partial charge in [0.1, 0.15) is 0 Å². The lowest BCUT2D eigenvalue weighted by atomic mass is 9.67. The van der Waals surface area contributed by atoms with Gasteiger partial charge in [0, 0.05) is 0 Å². The Bertz CT molecular complexity index is 448. The van der Waals surface area contributed by atoms with Gasteiger partial charge in [-0.2, -0.15) is 0 Å². The monoisotopic (exact) mass is 312 g/mol. The van der Waals surface area contributed by atoms with Gasteiger partial charge in [0.15, 0.2) is 0 Å². The smallest absolute Gasteiger partial charge is 0.00947 e. The van der Waals surface area contributed by atoms with Crippen molar-refractivity contribution in [2.45, 2.75) is 84.5 Å². The molecule has 0 aliphatic heterocycles. The molecular formula is C23H36. The molecule has 0 atom stereocenters. The fourth-order valence-electron chi connectivity index (χ4n) is 5.28. The van der Waals surface area contributed by atoms with Crippen molar-refractivity contribution in [3.63, 3.8) is 0 Å². The van der Waals surface area contributed by atoms with Crippen molar-refractivity contribution in [3.8, 4) is 0 Å². The third kappa shape index (κ3) is 4.40. The summed E-state index contributed by atoms with van der Waals surface area (Å²) in [7, 11) is 0. The summed E-state index contributed by atoms with van der Waals surface area (Å²) in [6, 6.07) is 0.